The van der Waals surface area contributed by atoms with Crippen LogP contribution in [-0.4, -0.2) is 11.7 Å². The summed E-state index contributed by atoms with van der Waals surface area (Å²) in [5, 5.41) is 14.0. The fourth-order valence-corrected chi connectivity index (χ4v) is 3.20. The van der Waals surface area contributed by atoms with Crippen LogP contribution in [0.4, 0.5) is 10.1 Å². The van der Waals surface area contributed by atoms with Crippen LogP contribution in [0.1, 0.15) is 43.4 Å². The van der Waals surface area contributed by atoms with Gasteiger partial charge in [0, 0.05) is 34.3 Å². The minimum absolute atomic E-state index is 0.0269. The first-order chi connectivity index (χ1) is 10.8. The van der Waals surface area contributed by atoms with Crippen molar-refractivity contribution >= 4 is 28.9 Å². The van der Waals surface area contributed by atoms with Crippen molar-refractivity contribution in [2.75, 3.05) is 11.9 Å². The molecule has 0 spiro atoms. The average molecular weight is 356 g/mol. The van der Waals surface area contributed by atoms with Gasteiger partial charge in [0.05, 0.1) is 0 Å². The SMILES string of the molecule is CCNc1cc(Cl)c(Cc2ccc(O)c(C(C)C)c2F)c(Cl)c1. The lowest BCUT2D eigenvalue weighted by Gasteiger charge is -2.15. The van der Waals surface area contributed by atoms with Gasteiger partial charge in [-0.25, -0.2) is 4.39 Å². The van der Waals surface area contributed by atoms with Crippen LogP contribution in [0.3, 0.4) is 0 Å². The first-order valence-corrected chi connectivity index (χ1v) is 8.32. The standard InChI is InChI=1S/C18H20Cl2FNO/c1-4-22-12-8-14(19)13(15(20)9-12)7-11-5-6-16(23)17(10(2)3)18(11)21/h5-6,8-10,22-23H,4,7H2,1-3H3. The molecule has 2 aromatic carbocycles. The van der Waals surface area contributed by atoms with E-state index in [2.05, 4.69) is 5.32 Å². The van der Waals surface area contributed by atoms with E-state index in [0.29, 0.717) is 26.7 Å². The number of rotatable bonds is 5. The Bertz CT molecular complexity index is 693. The topological polar surface area (TPSA) is 32.3 Å². The Kier molecular flexibility index (Phi) is 5.77. The number of anilines is 1. The van der Waals surface area contributed by atoms with Gasteiger partial charge in [0.2, 0.25) is 0 Å². The zero-order valence-corrected chi connectivity index (χ0v) is 14.9. The molecule has 124 valence electrons. The van der Waals surface area contributed by atoms with E-state index in [9.17, 15) is 9.50 Å². The largest absolute Gasteiger partial charge is 0.508 e. The molecule has 0 saturated heterocycles. The zero-order chi connectivity index (χ0) is 17.1. The fraction of sp³-hybridized carbons (Fsp3) is 0.333. The third-order valence-corrected chi connectivity index (χ3v) is 4.38. The van der Waals surface area contributed by atoms with Gasteiger partial charge >= 0.3 is 0 Å². The summed E-state index contributed by atoms with van der Waals surface area (Å²) in [6, 6.07) is 6.66. The maximum Gasteiger partial charge on any atom is 0.133 e. The maximum absolute atomic E-state index is 14.7. The molecule has 0 saturated carbocycles. The highest BCUT2D eigenvalue weighted by Crippen LogP contribution is 2.35. The Hall–Kier alpha value is -1.45. The molecule has 0 atom stereocenters. The number of phenolic OH excluding ortho intramolecular Hbond substituents is 1. The maximum atomic E-state index is 14.7. The molecule has 0 aliphatic heterocycles. The van der Waals surface area contributed by atoms with Crippen molar-refractivity contribution in [3.05, 3.63) is 56.8 Å². The van der Waals surface area contributed by atoms with E-state index in [4.69, 9.17) is 23.2 Å². The highest BCUT2D eigenvalue weighted by molar-refractivity contribution is 6.36. The van der Waals surface area contributed by atoms with Crippen LogP contribution < -0.4 is 5.32 Å². The average Bonchev–Trinajstić information content (AvgIpc) is 2.45. The van der Waals surface area contributed by atoms with Gasteiger partial charge in [-0.2, -0.15) is 0 Å². The predicted molar refractivity (Wildman–Crippen MR) is 95.6 cm³/mol. The molecular weight excluding hydrogens is 336 g/mol. The monoisotopic (exact) mass is 355 g/mol. The molecule has 0 fully saturated rings. The Morgan fingerprint density at radius 3 is 2.30 bits per heavy atom. The Balaban J connectivity index is 2.42. The molecule has 2 aromatic rings. The van der Waals surface area contributed by atoms with Gasteiger partial charge in [-0.05, 0) is 42.2 Å². The van der Waals surface area contributed by atoms with Crippen LogP contribution in [-0.2, 0) is 6.42 Å². The summed E-state index contributed by atoms with van der Waals surface area (Å²) in [6.45, 7) is 6.42. The molecule has 0 aliphatic rings. The van der Waals surface area contributed by atoms with Crippen molar-refractivity contribution < 1.29 is 9.50 Å². The summed E-state index contributed by atoms with van der Waals surface area (Å²) in [5.74, 6) is -0.541. The van der Waals surface area contributed by atoms with E-state index < -0.39 is 5.82 Å². The van der Waals surface area contributed by atoms with E-state index in [-0.39, 0.29) is 18.1 Å². The second kappa shape index (κ2) is 7.41. The number of nitrogens with one attached hydrogen (secondary N) is 1. The summed E-state index contributed by atoms with van der Waals surface area (Å²) >= 11 is 12.6. The van der Waals surface area contributed by atoms with Gasteiger partial charge in [0.25, 0.3) is 0 Å². The lowest BCUT2D eigenvalue weighted by atomic mass is 9.95. The summed E-state index contributed by atoms with van der Waals surface area (Å²) in [4.78, 5) is 0. The smallest absolute Gasteiger partial charge is 0.133 e. The fourth-order valence-electron chi connectivity index (χ4n) is 2.58. The van der Waals surface area contributed by atoms with Gasteiger partial charge in [0.1, 0.15) is 11.6 Å². The van der Waals surface area contributed by atoms with Crippen molar-refractivity contribution in [1.82, 2.24) is 0 Å². The molecule has 2 rings (SSSR count). The first kappa shape index (κ1) is 17.9. The highest BCUT2D eigenvalue weighted by atomic mass is 35.5. The number of hydrogen-bond acceptors (Lipinski definition) is 2. The first-order valence-electron chi connectivity index (χ1n) is 7.57. The zero-order valence-electron chi connectivity index (χ0n) is 13.4. The Labute approximate surface area is 146 Å². The van der Waals surface area contributed by atoms with Crippen molar-refractivity contribution in [1.29, 1.82) is 0 Å². The summed E-state index contributed by atoms with van der Waals surface area (Å²) in [7, 11) is 0. The quantitative estimate of drug-likeness (QED) is 0.690. The Morgan fingerprint density at radius 2 is 1.78 bits per heavy atom. The molecule has 0 aliphatic carbocycles. The number of benzene rings is 2. The van der Waals surface area contributed by atoms with Gasteiger partial charge < -0.3 is 10.4 Å². The molecule has 0 unspecified atom stereocenters. The molecular formula is C18H20Cl2FNO. The van der Waals surface area contributed by atoms with Crippen LogP contribution in [0.2, 0.25) is 10.0 Å². The van der Waals surface area contributed by atoms with Crippen LogP contribution in [0.5, 0.6) is 5.75 Å². The van der Waals surface area contributed by atoms with E-state index >= 15 is 0 Å². The normalized spacial score (nSPS) is 11.1. The van der Waals surface area contributed by atoms with E-state index in [0.717, 1.165) is 12.2 Å². The van der Waals surface area contributed by atoms with Crippen molar-refractivity contribution in [3.63, 3.8) is 0 Å². The molecule has 2 nitrogen and oxygen atoms in total. The summed E-state index contributed by atoms with van der Waals surface area (Å²) in [5.41, 5.74) is 2.29. The number of phenols is 1. The minimum atomic E-state index is -0.400. The van der Waals surface area contributed by atoms with Crippen LogP contribution >= 0.6 is 23.2 Å². The lowest BCUT2D eigenvalue weighted by molar-refractivity contribution is 0.452. The molecule has 0 amide bonds. The third kappa shape index (κ3) is 3.91. The van der Waals surface area contributed by atoms with Crippen molar-refractivity contribution in [2.24, 2.45) is 0 Å². The molecule has 0 radical (unpaired) electrons. The van der Waals surface area contributed by atoms with Gasteiger partial charge in [-0.3, -0.25) is 0 Å². The van der Waals surface area contributed by atoms with Crippen LogP contribution in [0.15, 0.2) is 24.3 Å². The van der Waals surface area contributed by atoms with Crippen molar-refractivity contribution in [3.8, 4) is 5.75 Å². The van der Waals surface area contributed by atoms with Gasteiger partial charge in [0.15, 0.2) is 0 Å². The summed E-state index contributed by atoms with van der Waals surface area (Å²) < 4.78 is 14.7. The van der Waals surface area contributed by atoms with Gasteiger partial charge in [-0.15, -0.1) is 0 Å². The highest BCUT2D eigenvalue weighted by Gasteiger charge is 2.18. The van der Waals surface area contributed by atoms with E-state index in [1.807, 2.05) is 20.8 Å². The lowest BCUT2D eigenvalue weighted by Crippen LogP contribution is -2.02. The van der Waals surface area contributed by atoms with Crippen LogP contribution in [0, 0.1) is 5.82 Å². The molecule has 5 heteroatoms. The molecule has 0 heterocycles. The Morgan fingerprint density at radius 1 is 1.17 bits per heavy atom. The molecule has 0 bridgehead atoms. The second-order valence-electron chi connectivity index (χ2n) is 5.75. The molecule has 0 aromatic heterocycles. The van der Waals surface area contributed by atoms with Gasteiger partial charge in [-0.1, -0.05) is 43.1 Å². The van der Waals surface area contributed by atoms with E-state index in [1.54, 1.807) is 18.2 Å². The minimum Gasteiger partial charge on any atom is -0.508 e. The van der Waals surface area contributed by atoms with Crippen LogP contribution in [0.25, 0.3) is 0 Å². The summed E-state index contributed by atoms with van der Waals surface area (Å²) in [6.07, 6.45) is 0.274. The molecule has 23 heavy (non-hydrogen) atoms. The predicted octanol–water partition coefficient (Wildman–Crippen LogP) is 5.98. The third-order valence-electron chi connectivity index (χ3n) is 3.70. The number of aromatic hydroxyl groups is 1. The molecule has 2 N–H and O–H groups in total. The second-order valence-corrected chi connectivity index (χ2v) is 6.57. The number of hydrogen-bond donors (Lipinski definition) is 2. The van der Waals surface area contributed by atoms with E-state index in [1.165, 1.54) is 6.07 Å². The van der Waals surface area contributed by atoms with Crippen molar-refractivity contribution in [2.45, 2.75) is 33.1 Å². The number of halogens is 3.